The van der Waals surface area contributed by atoms with E-state index in [0.717, 1.165) is 5.56 Å². The Balaban J connectivity index is 2.04. The Morgan fingerprint density at radius 2 is 1.60 bits per heavy atom. The summed E-state index contributed by atoms with van der Waals surface area (Å²) >= 11 is 11.5. The molecular weight excluding hydrogens is 321 g/mol. The first kappa shape index (κ1) is 15.3. The molecule has 0 unspecified atom stereocenters. The highest BCUT2D eigenvalue weighted by Crippen LogP contribution is 2.22. The van der Waals surface area contributed by atoms with Gasteiger partial charge in [0.25, 0.3) is 10.0 Å². The molecule has 0 aliphatic carbocycles. The van der Waals surface area contributed by atoms with Crippen LogP contribution in [0.1, 0.15) is 5.56 Å². The minimum absolute atomic E-state index is 0.0527. The Morgan fingerprint density at radius 1 is 1.00 bits per heavy atom. The smallest absolute Gasteiger partial charge is 0.262 e. The first-order chi connectivity index (χ1) is 9.47. The van der Waals surface area contributed by atoms with E-state index in [1.807, 2.05) is 35.2 Å². The molecule has 2 aromatic carbocycles. The van der Waals surface area contributed by atoms with Crippen LogP contribution in [0, 0.1) is 0 Å². The van der Waals surface area contributed by atoms with E-state index in [1.165, 1.54) is 18.2 Å². The third-order valence-electron chi connectivity index (χ3n) is 2.40. The summed E-state index contributed by atoms with van der Waals surface area (Å²) in [6.07, 6.45) is 0. The van der Waals surface area contributed by atoms with Crippen LogP contribution in [0.4, 0.5) is 0 Å². The molecule has 0 aromatic heterocycles. The van der Waals surface area contributed by atoms with Gasteiger partial charge in [-0.1, -0.05) is 58.4 Å². The van der Waals surface area contributed by atoms with E-state index in [9.17, 15) is 8.42 Å². The summed E-state index contributed by atoms with van der Waals surface area (Å²) in [5, 5.41) is 0.474. The highest BCUT2D eigenvalue weighted by Gasteiger charge is 2.15. The number of rotatable bonds is 5. The third kappa shape index (κ3) is 4.19. The molecule has 106 valence electrons. The Bertz CT molecular complexity index is 670. The van der Waals surface area contributed by atoms with E-state index in [1.54, 1.807) is 0 Å². The van der Waals surface area contributed by atoms with Crippen LogP contribution in [0.25, 0.3) is 0 Å². The molecule has 0 saturated carbocycles. The molecule has 0 radical (unpaired) electrons. The molecule has 2 aromatic rings. The molecular formula is C13H11Cl2NO3S. The van der Waals surface area contributed by atoms with Crippen molar-refractivity contribution < 1.29 is 13.3 Å². The highest BCUT2D eigenvalue weighted by atomic mass is 35.5. The van der Waals surface area contributed by atoms with Crippen molar-refractivity contribution in [2.24, 2.45) is 0 Å². The molecule has 20 heavy (non-hydrogen) atoms. The van der Waals surface area contributed by atoms with Crippen LogP contribution in [-0.4, -0.2) is 8.42 Å². The lowest BCUT2D eigenvalue weighted by Crippen LogP contribution is -2.24. The fourth-order valence-electron chi connectivity index (χ4n) is 1.50. The zero-order chi connectivity index (χ0) is 14.6. The molecule has 0 spiro atoms. The average molecular weight is 332 g/mol. The topological polar surface area (TPSA) is 55.4 Å². The number of benzene rings is 2. The maximum absolute atomic E-state index is 12.0. The fraction of sp³-hybridized carbons (Fsp3) is 0.0769. The summed E-state index contributed by atoms with van der Waals surface area (Å²) in [4.78, 5) is 6.97. The largest absolute Gasteiger partial charge is 0.282 e. The number of sulfonamides is 1. The predicted molar refractivity (Wildman–Crippen MR) is 78.0 cm³/mol. The number of halogens is 2. The summed E-state index contributed by atoms with van der Waals surface area (Å²) in [7, 11) is -3.82. The Hall–Kier alpha value is -1.11. The number of hydrogen-bond acceptors (Lipinski definition) is 3. The summed E-state index contributed by atoms with van der Waals surface area (Å²) < 4.78 is 23.9. The maximum Gasteiger partial charge on any atom is 0.262 e. The Kier molecular flexibility index (Phi) is 5.01. The van der Waals surface area contributed by atoms with Gasteiger partial charge in [0.1, 0.15) is 0 Å². The summed E-state index contributed by atoms with van der Waals surface area (Å²) in [5.74, 6) is 0. The van der Waals surface area contributed by atoms with Crippen LogP contribution in [0.2, 0.25) is 10.0 Å². The van der Waals surface area contributed by atoms with Crippen LogP contribution >= 0.6 is 23.2 Å². The Morgan fingerprint density at radius 3 is 2.20 bits per heavy atom. The van der Waals surface area contributed by atoms with Gasteiger partial charge in [-0.3, -0.25) is 4.84 Å². The predicted octanol–water partition coefficient (Wildman–Crippen LogP) is 3.40. The normalized spacial score (nSPS) is 11.5. The molecule has 0 bridgehead atoms. The van der Waals surface area contributed by atoms with Gasteiger partial charge in [-0.2, -0.15) is 0 Å². The van der Waals surface area contributed by atoms with Gasteiger partial charge in [0, 0.05) is 10.0 Å². The molecule has 0 amide bonds. The van der Waals surface area contributed by atoms with E-state index < -0.39 is 10.0 Å². The highest BCUT2D eigenvalue weighted by molar-refractivity contribution is 7.89. The van der Waals surface area contributed by atoms with Crippen LogP contribution in [0.15, 0.2) is 53.4 Å². The second-order valence-electron chi connectivity index (χ2n) is 3.97. The number of nitrogens with one attached hydrogen (secondary N) is 1. The molecule has 0 saturated heterocycles. The van der Waals surface area contributed by atoms with Crippen molar-refractivity contribution in [1.82, 2.24) is 4.89 Å². The first-order valence-electron chi connectivity index (χ1n) is 5.61. The zero-order valence-electron chi connectivity index (χ0n) is 10.2. The van der Waals surface area contributed by atoms with Gasteiger partial charge in [-0.25, -0.2) is 8.42 Å². The van der Waals surface area contributed by atoms with Gasteiger partial charge < -0.3 is 0 Å². The monoisotopic (exact) mass is 331 g/mol. The summed E-state index contributed by atoms with van der Waals surface area (Å²) in [6, 6.07) is 13.2. The van der Waals surface area contributed by atoms with E-state index in [4.69, 9.17) is 28.0 Å². The molecule has 7 heteroatoms. The lowest BCUT2D eigenvalue weighted by atomic mass is 10.2. The summed E-state index contributed by atoms with van der Waals surface area (Å²) in [6.45, 7) is 0.119. The molecule has 0 atom stereocenters. The van der Waals surface area contributed by atoms with Gasteiger partial charge in [0.2, 0.25) is 0 Å². The number of hydrogen-bond donors (Lipinski definition) is 1. The average Bonchev–Trinajstić information content (AvgIpc) is 2.38. The van der Waals surface area contributed by atoms with Crippen molar-refractivity contribution in [1.29, 1.82) is 0 Å². The molecule has 0 heterocycles. The zero-order valence-corrected chi connectivity index (χ0v) is 12.5. The van der Waals surface area contributed by atoms with Crippen LogP contribution in [-0.2, 0) is 21.5 Å². The fourth-order valence-corrected chi connectivity index (χ4v) is 3.03. The van der Waals surface area contributed by atoms with Crippen molar-refractivity contribution in [2.75, 3.05) is 0 Å². The van der Waals surface area contributed by atoms with E-state index in [2.05, 4.69) is 0 Å². The van der Waals surface area contributed by atoms with Crippen molar-refractivity contribution >= 4 is 33.2 Å². The van der Waals surface area contributed by atoms with Gasteiger partial charge in [-0.15, -0.1) is 0 Å². The second kappa shape index (κ2) is 6.56. The minimum atomic E-state index is -3.82. The molecule has 0 aliphatic rings. The van der Waals surface area contributed by atoms with Gasteiger partial charge in [0.05, 0.1) is 11.5 Å². The Labute approximate surface area is 127 Å². The lowest BCUT2D eigenvalue weighted by molar-refractivity contribution is 0.0795. The van der Waals surface area contributed by atoms with E-state index >= 15 is 0 Å². The van der Waals surface area contributed by atoms with Crippen molar-refractivity contribution in [3.8, 4) is 0 Å². The van der Waals surface area contributed by atoms with E-state index in [-0.39, 0.29) is 21.5 Å². The van der Waals surface area contributed by atoms with Crippen LogP contribution < -0.4 is 4.89 Å². The van der Waals surface area contributed by atoms with Gasteiger partial charge >= 0.3 is 0 Å². The first-order valence-corrected chi connectivity index (χ1v) is 7.85. The molecule has 0 fully saturated rings. The van der Waals surface area contributed by atoms with E-state index in [0.29, 0.717) is 0 Å². The molecule has 0 aliphatic heterocycles. The standard InChI is InChI=1S/C13H11Cl2NO3S/c14-11-6-12(15)8-13(7-11)20(17,18)16-19-9-10-4-2-1-3-5-10/h1-8,16H,9H2. The van der Waals surface area contributed by atoms with Crippen LogP contribution in [0.5, 0.6) is 0 Å². The quantitative estimate of drug-likeness (QED) is 0.854. The lowest BCUT2D eigenvalue weighted by Gasteiger charge is -2.08. The molecule has 2 rings (SSSR count). The maximum atomic E-state index is 12.0. The molecule has 1 N–H and O–H groups in total. The van der Waals surface area contributed by atoms with Gasteiger partial charge in [0.15, 0.2) is 0 Å². The third-order valence-corrected chi connectivity index (χ3v) is 4.03. The molecule has 4 nitrogen and oxygen atoms in total. The van der Waals surface area contributed by atoms with Crippen molar-refractivity contribution in [3.05, 3.63) is 64.1 Å². The van der Waals surface area contributed by atoms with Crippen molar-refractivity contribution in [3.63, 3.8) is 0 Å². The van der Waals surface area contributed by atoms with Gasteiger partial charge in [-0.05, 0) is 23.8 Å². The van der Waals surface area contributed by atoms with Crippen molar-refractivity contribution in [2.45, 2.75) is 11.5 Å². The summed E-state index contributed by atoms with van der Waals surface area (Å²) in [5.41, 5.74) is 0.847. The second-order valence-corrected chi connectivity index (χ2v) is 6.48. The minimum Gasteiger partial charge on any atom is -0.282 e. The SMILES string of the molecule is O=S(=O)(NOCc1ccccc1)c1cc(Cl)cc(Cl)c1. The van der Waals surface area contributed by atoms with Crippen LogP contribution in [0.3, 0.4) is 0 Å².